The van der Waals surface area contributed by atoms with Crippen LogP contribution in [0, 0.1) is 12.7 Å². The van der Waals surface area contributed by atoms with Gasteiger partial charge in [-0.15, -0.1) is 0 Å². The Kier molecular flexibility index (Phi) is 2.17. The van der Waals surface area contributed by atoms with E-state index in [1.54, 1.807) is 6.92 Å². The van der Waals surface area contributed by atoms with Crippen molar-refractivity contribution in [2.24, 2.45) is 5.73 Å². The molecular weight excluding hydrogens is 185 g/mol. The molecular formula is C10H12FNO2. The minimum atomic E-state index is -0.716. The van der Waals surface area contributed by atoms with Crippen molar-refractivity contribution in [3.05, 3.63) is 29.1 Å². The van der Waals surface area contributed by atoms with Crippen molar-refractivity contribution in [1.29, 1.82) is 0 Å². The summed E-state index contributed by atoms with van der Waals surface area (Å²) in [6.07, 6.45) is -0.716. The van der Waals surface area contributed by atoms with E-state index in [1.165, 1.54) is 12.1 Å². The lowest BCUT2D eigenvalue weighted by Crippen LogP contribution is -2.36. The van der Waals surface area contributed by atoms with Crippen molar-refractivity contribution in [3.8, 4) is 5.75 Å². The van der Waals surface area contributed by atoms with Crippen LogP contribution < -0.4 is 10.5 Å². The number of benzene rings is 1. The number of ether oxygens (including phenoxy) is 1. The summed E-state index contributed by atoms with van der Waals surface area (Å²) in [5.74, 6) is 0.102. The molecule has 4 heteroatoms. The Balaban J connectivity index is 2.54. The standard InChI is InChI=1S/C10H12FNO2/c1-5-2-6(11)3-8-9(5)10(12)7(13)4-14-8/h2-3,7,10,13H,4,12H2,1H3. The fourth-order valence-electron chi connectivity index (χ4n) is 1.74. The summed E-state index contributed by atoms with van der Waals surface area (Å²) < 4.78 is 18.2. The van der Waals surface area contributed by atoms with Crippen LogP contribution in [-0.4, -0.2) is 17.8 Å². The normalized spacial score (nSPS) is 25.4. The first-order valence-corrected chi connectivity index (χ1v) is 4.46. The average Bonchev–Trinajstić information content (AvgIpc) is 2.10. The Morgan fingerprint density at radius 2 is 2.29 bits per heavy atom. The summed E-state index contributed by atoms with van der Waals surface area (Å²) in [6, 6.07) is 2.20. The van der Waals surface area contributed by atoms with Crippen molar-refractivity contribution in [2.75, 3.05) is 6.61 Å². The van der Waals surface area contributed by atoms with E-state index in [0.717, 1.165) is 0 Å². The second-order valence-electron chi connectivity index (χ2n) is 3.54. The third-order valence-corrected chi connectivity index (χ3v) is 2.47. The lowest BCUT2D eigenvalue weighted by atomic mass is 9.95. The number of hydrogen-bond acceptors (Lipinski definition) is 3. The molecule has 0 spiro atoms. The topological polar surface area (TPSA) is 55.5 Å². The molecule has 3 nitrogen and oxygen atoms in total. The summed E-state index contributed by atoms with van der Waals surface area (Å²) in [6.45, 7) is 1.88. The second kappa shape index (κ2) is 3.22. The molecule has 0 saturated heterocycles. The van der Waals surface area contributed by atoms with E-state index in [1.807, 2.05) is 0 Å². The molecule has 0 saturated carbocycles. The van der Waals surface area contributed by atoms with Gasteiger partial charge in [0.05, 0.1) is 6.04 Å². The SMILES string of the molecule is Cc1cc(F)cc2c1C(N)C(O)CO2. The third kappa shape index (κ3) is 1.36. The zero-order valence-electron chi connectivity index (χ0n) is 7.83. The molecule has 1 aromatic rings. The van der Waals surface area contributed by atoms with Gasteiger partial charge in [-0.05, 0) is 18.6 Å². The largest absolute Gasteiger partial charge is 0.490 e. The fraction of sp³-hybridized carbons (Fsp3) is 0.400. The van der Waals surface area contributed by atoms with Gasteiger partial charge < -0.3 is 15.6 Å². The first kappa shape index (κ1) is 9.43. The van der Waals surface area contributed by atoms with Crippen LogP contribution in [0.1, 0.15) is 17.2 Å². The van der Waals surface area contributed by atoms with E-state index in [2.05, 4.69) is 0 Å². The van der Waals surface area contributed by atoms with E-state index in [-0.39, 0.29) is 12.4 Å². The Hall–Kier alpha value is -1.13. The van der Waals surface area contributed by atoms with Crippen molar-refractivity contribution in [2.45, 2.75) is 19.1 Å². The van der Waals surface area contributed by atoms with Gasteiger partial charge in [-0.2, -0.15) is 0 Å². The molecule has 2 rings (SSSR count). The molecule has 1 heterocycles. The molecule has 3 N–H and O–H groups in total. The minimum absolute atomic E-state index is 0.122. The van der Waals surface area contributed by atoms with Gasteiger partial charge in [-0.25, -0.2) is 4.39 Å². The van der Waals surface area contributed by atoms with Crippen molar-refractivity contribution < 1.29 is 14.2 Å². The number of fused-ring (bicyclic) bond motifs is 1. The maximum Gasteiger partial charge on any atom is 0.127 e. The number of halogens is 1. The van der Waals surface area contributed by atoms with Crippen LogP contribution in [0.5, 0.6) is 5.75 Å². The maximum atomic E-state index is 13.0. The number of aryl methyl sites for hydroxylation is 1. The van der Waals surface area contributed by atoms with Crippen LogP contribution in [0.2, 0.25) is 0 Å². The maximum absolute atomic E-state index is 13.0. The van der Waals surface area contributed by atoms with E-state index in [9.17, 15) is 9.50 Å². The van der Waals surface area contributed by atoms with Gasteiger partial charge in [-0.3, -0.25) is 0 Å². The number of hydrogen-bond donors (Lipinski definition) is 2. The van der Waals surface area contributed by atoms with E-state index < -0.39 is 12.1 Å². The van der Waals surface area contributed by atoms with Crippen molar-refractivity contribution >= 4 is 0 Å². The molecule has 0 bridgehead atoms. The summed E-state index contributed by atoms with van der Waals surface area (Å²) in [4.78, 5) is 0. The Labute approximate surface area is 81.3 Å². The molecule has 14 heavy (non-hydrogen) atoms. The Bertz CT molecular complexity index is 367. The first-order valence-electron chi connectivity index (χ1n) is 4.46. The predicted molar refractivity (Wildman–Crippen MR) is 49.6 cm³/mol. The monoisotopic (exact) mass is 197 g/mol. The molecule has 0 fully saturated rings. The van der Waals surface area contributed by atoms with E-state index >= 15 is 0 Å². The lowest BCUT2D eigenvalue weighted by Gasteiger charge is -2.29. The smallest absolute Gasteiger partial charge is 0.127 e. The number of aliphatic hydroxyl groups is 1. The van der Waals surface area contributed by atoms with Gasteiger partial charge in [0.1, 0.15) is 24.3 Å². The number of rotatable bonds is 0. The van der Waals surface area contributed by atoms with E-state index in [4.69, 9.17) is 10.5 Å². The highest BCUT2D eigenvalue weighted by molar-refractivity contribution is 5.44. The van der Waals surface area contributed by atoms with Crippen LogP contribution in [0.15, 0.2) is 12.1 Å². The van der Waals surface area contributed by atoms with Gasteiger partial charge in [-0.1, -0.05) is 0 Å². The van der Waals surface area contributed by atoms with Crippen LogP contribution in [0.25, 0.3) is 0 Å². The van der Waals surface area contributed by atoms with Crippen molar-refractivity contribution in [1.82, 2.24) is 0 Å². The van der Waals surface area contributed by atoms with Gasteiger partial charge in [0.25, 0.3) is 0 Å². The number of aliphatic hydroxyl groups excluding tert-OH is 1. The molecule has 1 aliphatic heterocycles. The fourth-order valence-corrected chi connectivity index (χ4v) is 1.74. The molecule has 0 aromatic heterocycles. The molecule has 2 atom stereocenters. The molecule has 76 valence electrons. The van der Waals surface area contributed by atoms with Gasteiger partial charge >= 0.3 is 0 Å². The highest BCUT2D eigenvalue weighted by Gasteiger charge is 2.28. The number of nitrogens with two attached hydrogens (primary N) is 1. The molecule has 1 aromatic carbocycles. The van der Waals surface area contributed by atoms with E-state index in [0.29, 0.717) is 16.9 Å². The predicted octanol–water partition coefficient (Wildman–Crippen LogP) is 0.887. The highest BCUT2D eigenvalue weighted by Crippen LogP contribution is 2.33. The molecule has 2 unspecified atom stereocenters. The van der Waals surface area contributed by atoms with Crippen molar-refractivity contribution in [3.63, 3.8) is 0 Å². The van der Waals surface area contributed by atoms with Gasteiger partial charge in [0.15, 0.2) is 0 Å². The molecule has 0 amide bonds. The summed E-state index contributed by atoms with van der Waals surface area (Å²) >= 11 is 0. The molecule has 0 radical (unpaired) electrons. The van der Waals surface area contributed by atoms with Gasteiger partial charge in [0.2, 0.25) is 0 Å². The molecule has 0 aliphatic carbocycles. The zero-order chi connectivity index (χ0) is 10.3. The summed E-state index contributed by atoms with van der Waals surface area (Å²) in [5.41, 5.74) is 7.20. The first-order chi connectivity index (χ1) is 6.59. The van der Waals surface area contributed by atoms with Crippen LogP contribution in [0.4, 0.5) is 4.39 Å². The van der Waals surface area contributed by atoms with Crippen LogP contribution in [-0.2, 0) is 0 Å². The minimum Gasteiger partial charge on any atom is -0.490 e. The zero-order valence-corrected chi connectivity index (χ0v) is 7.83. The Morgan fingerprint density at radius 1 is 1.57 bits per heavy atom. The average molecular weight is 197 g/mol. The van der Waals surface area contributed by atoms with Gasteiger partial charge in [0, 0.05) is 11.6 Å². The molecule has 1 aliphatic rings. The summed E-state index contributed by atoms with van der Waals surface area (Å²) in [7, 11) is 0. The summed E-state index contributed by atoms with van der Waals surface area (Å²) in [5, 5.41) is 9.47. The third-order valence-electron chi connectivity index (χ3n) is 2.47. The lowest BCUT2D eigenvalue weighted by molar-refractivity contribution is 0.0672. The van der Waals surface area contributed by atoms with Crippen LogP contribution >= 0.6 is 0 Å². The Morgan fingerprint density at radius 3 is 3.00 bits per heavy atom. The highest BCUT2D eigenvalue weighted by atomic mass is 19.1. The quantitative estimate of drug-likeness (QED) is 0.649. The van der Waals surface area contributed by atoms with Crippen LogP contribution in [0.3, 0.4) is 0 Å². The second-order valence-corrected chi connectivity index (χ2v) is 3.54.